The SMILES string of the molecule is CCCc1nc(C(=O)NC(Cc2ccc(-c3cc(Cl)ccc3F)cc2Cl)CC(N)C(=O)O)co1. The normalized spacial score (nSPS) is 12.9. The van der Waals surface area contributed by atoms with E-state index in [-0.39, 0.29) is 18.5 Å². The number of halogens is 3. The lowest BCUT2D eigenvalue weighted by Gasteiger charge is -2.21. The van der Waals surface area contributed by atoms with Crippen molar-refractivity contribution in [3.05, 3.63) is 75.7 Å². The number of carboxylic acid groups (broad SMARTS) is 1. The van der Waals surface area contributed by atoms with E-state index in [1.165, 1.54) is 24.5 Å². The molecule has 1 heterocycles. The molecule has 0 aliphatic rings. The van der Waals surface area contributed by atoms with Crippen LogP contribution in [-0.4, -0.2) is 34.1 Å². The van der Waals surface area contributed by atoms with Crippen molar-refractivity contribution in [3.63, 3.8) is 0 Å². The first kappa shape index (κ1) is 25.7. The first-order chi connectivity index (χ1) is 16.2. The molecule has 0 spiro atoms. The number of carboxylic acids is 1. The number of aromatic nitrogens is 1. The number of amides is 1. The lowest BCUT2D eigenvalue weighted by molar-refractivity contribution is -0.138. The molecule has 0 radical (unpaired) electrons. The van der Waals surface area contributed by atoms with Crippen LogP contribution in [0.15, 0.2) is 47.1 Å². The van der Waals surface area contributed by atoms with Gasteiger partial charge in [0.15, 0.2) is 11.6 Å². The molecular weight excluding hydrogens is 484 g/mol. The van der Waals surface area contributed by atoms with E-state index in [0.717, 1.165) is 6.42 Å². The molecule has 180 valence electrons. The van der Waals surface area contributed by atoms with Gasteiger partial charge in [-0.05, 0) is 54.7 Å². The van der Waals surface area contributed by atoms with Gasteiger partial charge in [0.2, 0.25) is 0 Å². The van der Waals surface area contributed by atoms with E-state index in [2.05, 4.69) is 10.3 Å². The maximum Gasteiger partial charge on any atom is 0.320 e. The second kappa shape index (κ2) is 11.5. The summed E-state index contributed by atoms with van der Waals surface area (Å²) in [4.78, 5) is 28.2. The molecule has 3 aromatic rings. The van der Waals surface area contributed by atoms with Crippen LogP contribution in [0.1, 0.15) is 41.7 Å². The Balaban J connectivity index is 1.81. The Hall–Kier alpha value is -2.94. The topological polar surface area (TPSA) is 118 Å². The van der Waals surface area contributed by atoms with E-state index in [1.54, 1.807) is 18.2 Å². The summed E-state index contributed by atoms with van der Waals surface area (Å²) in [6.07, 6.45) is 2.82. The lowest BCUT2D eigenvalue weighted by Crippen LogP contribution is -2.43. The number of nitrogens with one attached hydrogen (secondary N) is 1. The van der Waals surface area contributed by atoms with E-state index >= 15 is 0 Å². The predicted molar refractivity (Wildman–Crippen MR) is 128 cm³/mol. The van der Waals surface area contributed by atoms with Crippen LogP contribution in [-0.2, 0) is 17.6 Å². The number of oxazole rings is 1. The number of aliphatic carboxylic acids is 1. The molecule has 4 N–H and O–H groups in total. The number of benzene rings is 2. The highest BCUT2D eigenvalue weighted by atomic mass is 35.5. The van der Waals surface area contributed by atoms with Gasteiger partial charge in [0.1, 0.15) is 18.1 Å². The van der Waals surface area contributed by atoms with Crippen molar-refractivity contribution in [3.8, 4) is 11.1 Å². The van der Waals surface area contributed by atoms with Gasteiger partial charge in [-0.2, -0.15) is 0 Å². The van der Waals surface area contributed by atoms with E-state index in [9.17, 15) is 19.1 Å². The number of nitrogens with two attached hydrogens (primary N) is 1. The third kappa shape index (κ3) is 6.56. The molecule has 7 nitrogen and oxygen atoms in total. The fourth-order valence-corrected chi connectivity index (χ4v) is 3.90. The summed E-state index contributed by atoms with van der Waals surface area (Å²) < 4.78 is 19.5. The Kier molecular flexibility index (Phi) is 8.66. The van der Waals surface area contributed by atoms with Gasteiger partial charge in [0.05, 0.1) is 0 Å². The van der Waals surface area contributed by atoms with Crippen LogP contribution in [0.25, 0.3) is 11.1 Å². The van der Waals surface area contributed by atoms with Crippen LogP contribution in [0.4, 0.5) is 4.39 Å². The number of hydrogen-bond donors (Lipinski definition) is 3. The van der Waals surface area contributed by atoms with Gasteiger partial charge in [-0.15, -0.1) is 0 Å². The number of hydrogen-bond acceptors (Lipinski definition) is 5. The number of aryl methyl sites for hydroxylation is 1. The van der Waals surface area contributed by atoms with Crippen molar-refractivity contribution in [2.24, 2.45) is 5.73 Å². The minimum atomic E-state index is -1.20. The van der Waals surface area contributed by atoms with Crippen LogP contribution in [0.3, 0.4) is 0 Å². The molecule has 1 aromatic heterocycles. The number of nitrogens with zero attached hydrogens (tertiary/aromatic N) is 1. The Labute approximate surface area is 206 Å². The highest BCUT2D eigenvalue weighted by Crippen LogP contribution is 2.30. The summed E-state index contributed by atoms with van der Waals surface area (Å²) in [5, 5.41) is 12.7. The molecule has 0 saturated carbocycles. The number of carbonyl (C=O) groups is 2. The van der Waals surface area contributed by atoms with E-state index in [0.29, 0.717) is 39.0 Å². The standard InChI is InChI=1S/C24H24Cl2FN3O4/c1-2-3-22-30-21(12-34-22)23(31)29-16(11-20(28)24(32)33)8-14-5-4-13(9-18(14)26)17-10-15(25)6-7-19(17)27/h4-7,9-10,12,16,20H,2-3,8,11,28H2,1H3,(H,29,31)(H,32,33). The first-order valence-corrected chi connectivity index (χ1v) is 11.4. The molecule has 1 amide bonds. The predicted octanol–water partition coefficient (Wildman–Crippen LogP) is 4.88. The molecule has 0 fully saturated rings. The maximum absolute atomic E-state index is 14.2. The zero-order chi connectivity index (χ0) is 24.8. The third-order valence-corrected chi connectivity index (χ3v) is 5.78. The molecule has 2 atom stereocenters. The molecule has 0 aliphatic heterocycles. The van der Waals surface area contributed by atoms with Crippen LogP contribution in [0.2, 0.25) is 10.0 Å². The average molecular weight is 508 g/mol. The Morgan fingerprint density at radius 2 is 2.00 bits per heavy atom. The highest BCUT2D eigenvalue weighted by Gasteiger charge is 2.24. The first-order valence-electron chi connectivity index (χ1n) is 10.7. The number of rotatable bonds is 10. The fourth-order valence-electron chi connectivity index (χ4n) is 3.47. The summed E-state index contributed by atoms with van der Waals surface area (Å²) in [5.74, 6) is -1.70. The summed E-state index contributed by atoms with van der Waals surface area (Å²) in [5.41, 5.74) is 7.28. The largest absolute Gasteiger partial charge is 0.480 e. The zero-order valence-electron chi connectivity index (χ0n) is 18.4. The van der Waals surface area contributed by atoms with Crippen molar-refractivity contribution >= 4 is 35.1 Å². The Bertz CT molecular complexity index is 1180. The summed E-state index contributed by atoms with van der Waals surface area (Å²) in [6.45, 7) is 1.96. The molecule has 2 unspecified atom stereocenters. The van der Waals surface area contributed by atoms with Gasteiger partial charge >= 0.3 is 5.97 Å². The van der Waals surface area contributed by atoms with Gasteiger partial charge in [0.25, 0.3) is 5.91 Å². The van der Waals surface area contributed by atoms with Crippen molar-refractivity contribution in [2.75, 3.05) is 0 Å². The summed E-state index contributed by atoms with van der Waals surface area (Å²) in [7, 11) is 0. The van der Waals surface area contributed by atoms with E-state index in [4.69, 9.17) is 33.4 Å². The van der Waals surface area contributed by atoms with Gasteiger partial charge in [-0.25, -0.2) is 9.37 Å². The van der Waals surface area contributed by atoms with E-state index in [1.807, 2.05) is 6.92 Å². The second-order valence-electron chi connectivity index (χ2n) is 7.86. The minimum absolute atomic E-state index is 0.0399. The monoisotopic (exact) mass is 507 g/mol. The second-order valence-corrected chi connectivity index (χ2v) is 8.71. The van der Waals surface area contributed by atoms with Crippen LogP contribution in [0, 0.1) is 5.82 Å². The fraction of sp³-hybridized carbons (Fsp3) is 0.292. The van der Waals surface area contributed by atoms with Crippen molar-refractivity contribution in [1.29, 1.82) is 0 Å². The summed E-state index contributed by atoms with van der Waals surface area (Å²) in [6, 6.07) is 7.34. The van der Waals surface area contributed by atoms with Gasteiger partial charge < -0.3 is 20.6 Å². The van der Waals surface area contributed by atoms with Gasteiger partial charge in [0, 0.05) is 28.1 Å². The molecule has 0 bridgehead atoms. The molecule has 10 heteroatoms. The molecule has 3 rings (SSSR count). The third-order valence-electron chi connectivity index (χ3n) is 5.20. The van der Waals surface area contributed by atoms with Gasteiger partial charge in [-0.1, -0.05) is 42.3 Å². The lowest BCUT2D eigenvalue weighted by atomic mass is 9.97. The minimum Gasteiger partial charge on any atom is -0.480 e. The quantitative estimate of drug-likeness (QED) is 0.359. The summed E-state index contributed by atoms with van der Waals surface area (Å²) >= 11 is 12.5. The Morgan fingerprint density at radius 3 is 2.68 bits per heavy atom. The highest BCUT2D eigenvalue weighted by molar-refractivity contribution is 6.32. The molecule has 34 heavy (non-hydrogen) atoms. The van der Waals surface area contributed by atoms with Crippen molar-refractivity contribution in [1.82, 2.24) is 10.3 Å². The van der Waals surface area contributed by atoms with Crippen LogP contribution >= 0.6 is 23.2 Å². The zero-order valence-corrected chi connectivity index (χ0v) is 19.9. The van der Waals surface area contributed by atoms with Gasteiger partial charge in [-0.3, -0.25) is 9.59 Å². The number of carbonyl (C=O) groups excluding carboxylic acids is 1. The maximum atomic E-state index is 14.2. The molecular formula is C24H24Cl2FN3O4. The van der Waals surface area contributed by atoms with Crippen molar-refractivity contribution in [2.45, 2.75) is 44.7 Å². The van der Waals surface area contributed by atoms with E-state index < -0.39 is 29.8 Å². The smallest absolute Gasteiger partial charge is 0.320 e. The average Bonchev–Trinajstić information content (AvgIpc) is 3.25. The van der Waals surface area contributed by atoms with Crippen LogP contribution in [0.5, 0.6) is 0 Å². The van der Waals surface area contributed by atoms with Crippen LogP contribution < -0.4 is 11.1 Å². The molecule has 0 aliphatic carbocycles. The van der Waals surface area contributed by atoms with Crippen molar-refractivity contribution < 1.29 is 23.5 Å². The molecule has 0 saturated heterocycles. The molecule has 2 aromatic carbocycles. The Morgan fingerprint density at radius 1 is 1.24 bits per heavy atom.